The fourth-order valence-electron chi connectivity index (χ4n) is 5.23. The van der Waals surface area contributed by atoms with Gasteiger partial charge in [0.25, 0.3) is 0 Å². The molecule has 1 N–H and O–H groups in total. The molecule has 2 amide bonds. The normalized spacial score (nSPS) is 20.8. The summed E-state index contributed by atoms with van der Waals surface area (Å²) >= 11 is 0. The van der Waals surface area contributed by atoms with Gasteiger partial charge in [0, 0.05) is 32.6 Å². The van der Waals surface area contributed by atoms with Crippen molar-refractivity contribution in [2.75, 3.05) is 39.5 Å². The minimum Gasteiger partial charge on any atom is -0.490 e. The first-order valence-electron chi connectivity index (χ1n) is 13.0. The predicted octanol–water partition coefficient (Wildman–Crippen LogP) is 2.11. The molecule has 194 valence electrons. The number of carbonyl (C=O) groups excluding carboxylic acids is 2. The van der Waals surface area contributed by atoms with Gasteiger partial charge in [0.2, 0.25) is 11.8 Å². The maximum absolute atomic E-state index is 13.3. The van der Waals surface area contributed by atoms with Crippen LogP contribution in [0.1, 0.15) is 49.8 Å². The van der Waals surface area contributed by atoms with Crippen molar-refractivity contribution in [1.82, 2.24) is 25.2 Å². The van der Waals surface area contributed by atoms with Crippen molar-refractivity contribution in [3.63, 3.8) is 0 Å². The van der Waals surface area contributed by atoms with Crippen molar-refractivity contribution >= 4 is 11.8 Å². The molecule has 1 aromatic carbocycles. The number of piperidine rings is 1. The van der Waals surface area contributed by atoms with Gasteiger partial charge >= 0.3 is 0 Å². The summed E-state index contributed by atoms with van der Waals surface area (Å²) in [5.74, 6) is 1.60. The number of rotatable bonds is 2. The lowest BCUT2D eigenvalue weighted by atomic mass is 9.73. The lowest BCUT2D eigenvalue weighted by Crippen LogP contribution is -2.51. The van der Waals surface area contributed by atoms with E-state index < -0.39 is 5.41 Å². The number of nitrogens with zero attached hydrogens (tertiary/aromatic N) is 4. The number of aryl methyl sites for hydroxylation is 1. The van der Waals surface area contributed by atoms with Crippen molar-refractivity contribution in [1.29, 1.82) is 0 Å². The average molecular weight is 498 g/mol. The van der Waals surface area contributed by atoms with Crippen molar-refractivity contribution in [2.45, 2.75) is 58.1 Å². The summed E-state index contributed by atoms with van der Waals surface area (Å²) in [6.45, 7) is 4.47. The van der Waals surface area contributed by atoms with Gasteiger partial charge in [-0.2, -0.15) is 0 Å². The maximum atomic E-state index is 13.3. The Labute approximate surface area is 211 Å². The Balaban J connectivity index is 1.19. The third-order valence-electron chi connectivity index (χ3n) is 7.38. The van der Waals surface area contributed by atoms with Crippen LogP contribution in [-0.2, 0) is 33.9 Å². The van der Waals surface area contributed by atoms with E-state index in [2.05, 4.69) is 15.6 Å². The second kappa shape index (κ2) is 11.3. The van der Waals surface area contributed by atoms with Gasteiger partial charge in [-0.15, -0.1) is 5.10 Å². The van der Waals surface area contributed by atoms with Crippen LogP contribution in [0.5, 0.6) is 11.5 Å². The Kier molecular flexibility index (Phi) is 7.69. The molecule has 0 saturated carbocycles. The van der Waals surface area contributed by atoms with Crippen LogP contribution in [0.2, 0.25) is 0 Å². The molecule has 1 aromatic heterocycles. The van der Waals surface area contributed by atoms with Gasteiger partial charge in [0.05, 0.1) is 44.5 Å². The molecular formula is C26H35N5O5. The number of likely N-dealkylation sites (tertiary alicyclic amines) is 1. The van der Waals surface area contributed by atoms with Crippen LogP contribution in [-0.4, -0.2) is 71.2 Å². The van der Waals surface area contributed by atoms with Crippen LogP contribution in [0.4, 0.5) is 0 Å². The van der Waals surface area contributed by atoms with Gasteiger partial charge < -0.3 is 24.4 Å². The van der Waals surface area contributed by atoms with Crippen LogP contribution in [0.3, 0.4) is 0 Å². The Bertz CT molecular complexity index is 1060. The third kappa shape index (κ3) is 5.80. The van der Waals surface area contributed by atoms with Crippen LogP contribution in [0.25, 0.3) is 0 Å². The molecule has 10 nitrogen and oxygen atoms in total. The van der Waals surface area contributed by atoms with Crippen molar-refractivity contribution < 1.29 is 23.8 Å². The summed E-state index contributed by atoms with van der Waals surface area (Å²) in [4.78, 5) is 28.3. The number of carbonyl (C=O) groups is 2. The topological polar surface area (TPSA) is 108 Å². The first-order valence-corrected chi connectivity index (χ1v) is 13.0. The predicted molar refractivity (Wildman–Crippen MR) is 131 cm³/mol. The number of ether oxygens (including phenoxy) is 3. The highest BCUT2D eigenvalue weighted by atomic mass is 16.5. The van der Waals surface area contributed by atoms with Crippen LogP contribution < -0.4 is 14.8 Å². The molecule has 0 unspecified atom stereocenters. The molecule has 4 heterocycles. The van der Waals surface area contributed by atoms with E-state index in [1.807, 2.05) is 34.0 Å². The second-order valence-electron chi connectivity index (χ2n) is 9.91. The smallest absolute Gasteiger partial charge is 0.226 e. The van der Waals surface area contributed by atoms with Gasteiger partial charge in [-0.1, -0.05) is 17.7 Å². The van der Waals surface area contributed by atoms with E-state index in [9.17, 15) is 9.59 Å². The van der Waals surface area contributed by atoms with E-state index >= 15 is 0 Å². The van der Waals surface area contributed by atoms with Gasteiger partial charge in [0.15, 0.2) is 11.5 Å². The number of amides is 2. The number of aromatic nitrogens is 3. The van der Waals surface area contributed by atoms with Crippen LogP contribution in [0.15, 0.2) is 24.4 Å². The zero-order valence-corrected chi connectivity index (χ0v) is 20.7. The highest BCUT2D eigenvalue weighted by molar-refractivity contribution is 5.84. The summed E-state index contributed by atoms with van der Waals surface area (Å²) in [7, 11) is 0. The average Bonchev–Trinajstić information content (AvgIpc) is 3.21. The molecule has 3 aliphatic heterocycles. The molecule has 3 aliphatic rings. The van der Waals surface area contributed by atoms with Gasteiger partial charge in [-0.3, -0.25) is 14.3 Å². The first kappa shape index (κ1) is 24.5. The summed E-state index contributed by atoms with van der Waals surface area (Å²) in [5, 5.41) is 11.4. The molecule has 5 rings (SSSR count). The molecule has 1 spiro atoms. The summed E-state index contributed by atoms with van der Waals surface area (Å²) < 4.78 is 19.0. The highest BCUT2D eigenvalue weighted by Crippen LogP contribution is 2.37. The van der Waals surface area contributed by atoms with E-state index in [0.717, 1.165) is 49.2 Å². The molecular weight excluding hydrogens is 462 g/mol. The minimum absolute atomic E-state index is 0.0787. The Hall–Kier alpha value is -3.14. The van der Waals surface area contributed by atoms with Gasteiger partial charge in [0.1, 0.15) is 5.69 Å². The number of fused-ring (bicyclic) bond motifs is 3. The standard InChI is InChI=1S/C26H35N5O5/c32-24(17-20-4-5-22-23(16-20)36-14-3-13-35-22)30-11-7-26(8-12-30)6-1-2-10-31-18-21(28-29-31)19-34-15-9-27-25(26)33/h4-5,16,18H,1-3,6-15,17,19H2,(H,27,33). The molecule has 2 aromatic rings. The first-order chi connectivity index (χ1) is 17.6. The largest absolute Gasteiger partial charge is 0.490 e. The Morgan fingerprint density at radius 2 is 1.83 bits per heavy atom. The summed E-state index contributed by atoms with van der Waals surface area (Å²) in [6.07, 6.45) is 7.06. The number of hydrogen-bond acceptors (Lipinski definition) is 7. The fraction of sp³-hybridized carbons (Fsp3) is 0.615. The minimum atomic E-state index is -0.455. The highest BCUT2D eigenvalue weighted by Gasteiger charge is 2.41. The number of benzene rings is 1. The van der Waals surface area contributed by atoms with E-state index in [1.54, 1.807) is 0 Å². The van der Waals surface area contributed by atoms with Crippen molar-refractivity contribution in [2.24, 2.45) is 5.41 Å². The number of nitrogens with one attached hydrogen (secondary N) is 1. The monoisotopic (exact) mass is 497 g/mol. The molecule has 10 heteroatoms. The second-order valence-corrected chi connectivity index (χ2v) is 9.91. The lowest BCUT2D eigenvalue weighted by molar-refractivity contribution is -0.141. The van der Waals surface area contributed by atoms with Crippen LogP contribution in [0, 0.1) is 5.41 Å². The van der Waals surface area contributed by atoms with Gasteiger partial charge in [-0.25, -0.2) is 0 Å². The molecule has 0 radical (unpaired) electrons. The Morgan fingerprint density at radius 3 is 2.69 bits per heavy atom. The maximum Gasteiger partial charge on any atom is 0.226 e. The van der Waals surface area contributed by atoms with Crippen molar-refractivity contribution in [3.8, 4) is 11.5 Å². The van der Waals surface area contributed by atoms with Crippen molar-refractivity contribution in [3.05, 3.63) is 35.7 Å². The van der Waals surface area contributed by atoms with E-state index in [1.165, 1.54) is 0 Å². The summed E-state index contributed by atoms with van der Waals surface area (Å²) in [5.41, 5.74) is 1.26. The molecule has 0 aliphatic carbocycles. The SMILES string of the molecule is O=C(Cc1ccc2c(c1)OCCCO2)N1CCC2(CCCCn3cc(nn3)COCCNC2=O)CC1. The fourth-order valence-corrected chi connectivity index (χ4v) is 5.23. The van der Waals surface area contributed by atoms with E-state index in [-0.39, 0.29) is 11.8 Å². The molecule has 1 fully saturated rings. The van der Waals surface area contributed by atoms with E-state index in [4.69, 9.17) is 14.2 Å². The zero-order valence-electron chi connectivity index (χ0n) is 20.7. The number of hydrogen-bond donors (Lipinski definition) is 1. The Morgan fingerprint density at radius 1 is 1.00 bits per heavy atom. The summed E-state index contributed by atoms with van der Waals surface area (Å²) in [6, 6.07) is 5.73. The van der Waals surface area contributed by atoms with Gasteiger partial charge in [-0.05, 0) is 43.4 Å². The van der Waals surface area contributed by atoms with Crippen LogP contribution >= 0.6 is 0 Å². The molecule has 2 bridgehead atoms. The zero-order chi connectivity index (χ0) is 24.8. The molecule has 36 heavy (non-hydrogen) atoms. The lowest BCUT2D eigenvalue weighted by Gasteiger charge is -2.41. The molecule has 1 saturated heterocycles. The quantitative estimate of drug-likeness (QED) is 0.677. The van der Waals surface area contributed by atoms with E-state index in [0.29, 0.717) is 71.1 Å². The third-order valence-corrected chi connectivity index (χ3v) is 7.38. The molecule has 0 atom stereocenters.